The third-order valence-corrected chi connectivity index (χ3v) is 3.46. The second-order valence-corrected chi connectivity index (χ2v) is 6.93. The average Bonchev–Trinajstić information content (AvgIpc) is 2.97. The van der Waals surface area contributed by atoms with Gasteiger partial charge in [-0.1, -0.05) is 5.92 Å². The summed E-state index contributed by atoms with van der Waals surface area (Å²) >= 11 is 0. The van der Waals surface area contributed by atoms with E-state index in [1.165, 1.54) is 0 Å². The summed E-state index contributed by atoms with van der Waals surface area (Å²) in [5.41, 5.74) is -0.484. The molecule has 0 spiro atoms. The number of carbonyl (C=O) groups excluding carboxylic acids is 1. The molecule has 0 radical (unpaired) electrons. The molecule has 0 N–H and O–H groups in total. The Kier molecular flexibility index (Phi) is 4.71. The third kappa shape index (κ3) is 4.05. The van der Waals surface area contributed by atoms with Gasteiger partial charge in [0.25, 0.3) is 0 Å². The number of carbonyl (C=O) groups is 1. The first-order valence-electron chi connectivity index (χ1n) is 7.83. The van der Waals surface area contributed by atoms with Gasteiger partial charge in [0.2, 0.25) is 0 Å². The Bertz CT molecular complexity index is 631. The van der Waals surface area contributed by atoms with Crippen molar-refractivity contribution in [3.8, 4) is 11.8 Å². The molecule has 23 heavy (non-hydrogen) atoms. The van der Waals surface area contributed by atoms with Gasteiger partial charge in [-0.3, -0.25) is 9.58 Å². The first-order chi connectivity index (χ1) is 10.6. The summed E-state index contributed by atoms with van der Waals surface area (Å²) in [5.74, 6) is 6.21. The fourth-order valence-electron chi connectivity index (χ4n) is 2.41. The highest BCUT2D eigenvalue weighted by atomic mass is 16.6. The fourth-order valence-corrected chi connectivity index (χ4v) is 2.41. The Morgan fingerprint density at radius 3 is 2.83 bits per heavy atom. The normalized spacial score (nSPS) is 20.1. The minimum atomic E-state index is -0.743. The Labute approximate surface area is 137 Å². The zero-order valence-electron chi connectivity index (χ0n) is 14.7. The van der Waals surface area contributed by atoms with Crippen molar-refractivity contribution in [2.45, 2.75) is 65.5 Å². The molecule has 1 aliphatic heterocycles. The minimum absolute atomic E-state index is 0.347. The Morgan fingerprint density at radius 2 is 2.22 bits per heavy atom. The van der Waals surface area contributed by atoms with Crippen LogP contribution in [0.3, 0.4) is 0 Å². The molecule has 6 heteroatoms. The number of rotatable bonds is 1. The second kappa shape index (κ2) is 6.25. The molecular formula is C17H25N3O3. The number of hydrogen-bond donors (Lipinski definition) is 0. The SMILES string of the molecule is CCn1nccc1C#C[C@@H]1COC(C)(C)N1C(=O)OC(C)(C)C. The smallest absolute Gasteiger partial charge is 0.413 e. The molecule has 1 atom stereocenters. The topological polar surface area (TPSA) is 56.6 Å². The zero-order valence-corrected chi connectivity index (χ0v) is 14.7. The number of aromatic nitrogens is 2. The van der Waals surface area contributed by atoms with E-state index in [2.05, 4.69) is 16.9 Å². The number of ether oxygens (including phenoxy) is 2. The van der Waals surface area contributed by atoms with Gasteiger partial charge < -0.3 is 9.47 Å². The summed E-state index contributed by atoms with van der Waals surface area (Å²) in [6, 6.07) is 1.51. The maximum atomic E-state index is 12.5. The fraction of sp³-hybridized carbons (Fsp3) is 0.647. The molecule has 1 amide bonds. The molecule has 2 heterocycles. The van der Waals surface area contributed by atoms with Crippen molar-refractivity contribution in [1.82, 2.24) is 14.7 Å². The molecular weight excluding hydrogens is 294 g/mol. The van der Waals surface area contributed by atoms with E-state index >= 15 is 0 Å². The van der Waals surface area contributed by atoms with Gasteiger partial charge in [0.15, 0.2) is 0 Å². The summed E-state index contributed by atoms with van der Waals surface area (Å²) in [6.45, 7) is 12.3. The molecule has 1 fully saturated rings. The van der Waals surface area contributed by atoms with Crippen LogP contribution in [0.1, 0.15) is 47.2 Å². The first kappa shape index (κ1) is 17.4. The molecule has 1 aliphatic rings. The second-order valence-electron chi connectivity index (χ2n) is 6.93. The van der Waals surface area contributed by atoms with Crippen LogP contribution in [0.4, 0.5) is 4.79 Å². The number of aryl methyl sites for hydroxylation is 1. The maximum absolute atomic E-state index is 12.5. The molecule has 1 aromatic rings. The maximum Gasteiger partial charge on any atom is 0.413 e. The van der Waals surface area contributed by atoms with Gasteiger partial charge >= 0.3 is 6.09 Å². The summed E-state index contributed by atoms with van der Waals surface area (Å²) < 4.78 is 13.0. The summed E-state index contributed by atoms with van der Waals surface area (Å²) in [6.07, 6.45) is 1.30. The Hall–Kier alpha value is -2.00. The molecule has 6 nitrogen and oxygen atoms in total. The van der Waals surface area contributed by atoms with Crippen LogP contribution in [0.5, 0.6) is 0 Å². The molecule has 126 valence electrons. The van der Waals surface area contributed by atoms with Crippen LogP contribution in [-0.4, -0.2) is 44.7 Å². The summed E-state index contributed by atoms with van der Waals surface area (Å²) in [5, 5.41) is 4.19. The van der Waals surface area contributed by atoms with Crippen molar-refractivity contribution >= 4 is 6.09 Å². The molecule has 0 aromatic carbocycles. The average molecular weight is 319 g/mol. The highest BCUT2D eigenvalue weighted by Gasteiger charge is 2.45. The van der Waals surface area contributed by atoms with Crippen LogP contribution in [0.2, 0.25) is 0 Å². The third-order valence-electron chi connectivity index (χ3n) is 3.46. The predicted octanol–water partition coefficient (Wildman–Crippen LogP) is 2.63. The van der Waals surface area contributed by atoms with E-state index in [1.54, 1.807) is 11.1 Å². The monoisotopic (exact) mass is 319 g/mol. The van der Waals surface area contributed by atoms with E-state index in [1.807, 2.05) is 52.3 Å². The number of nitrogens with zero attached hydrogens (tertiary/aromatic N) is 3. The zero-order chi connectivity index (χ0) is 17.3. The van der Waals surface area contributed by atoms with Crippen LogP contribution in [0.15, 0.2) is 12.3 Å². The van der Waals surface area contributed by atoms with Gasteiger partial charge in [-0.25, -0.2) is 4.79 Å². The lowest BCUT2D eigenvalue weighted by atomic mass is 10.2. The van der Waals surface area contributed by atoms with E-state index in [0.717, 1.165) is 12.2 Å². The quantitative estimate of drug-likeness (QED) is 0.747. The van der Waals surface area contributed by atoms with Crippen LogP contribution < -0.4 is 0 Å². The van der Waals surface area contributed by atoms with Crippen molar-refractivity contribution < 1.29 is 14.3 Å². The molecule has 1 aromatic heterocycles. The van der Waals surface area contributed by atoms with Crippen LogP contribution in [0.25, 0.3) is 0 Å². The minimum Gasteiger partial charge on any atom is -0.444 e. The van der Waals surface area contributed by atoms with Gasteiger partial charge in [0, 0.05) is 6.54 Å². The molecule has 0 unspecified atom stereocenters. The van der Waals surface area contributed by atoms with Gasteiger partial charge in [-0.15, -0.1) is 0 Å². The van der Waals surface area contributed by atoms with Gasteiger partial charge in [0.05, 0.1) is 12.8 Å². The molecule has 0 aliphatic carbocycles. The van der Waals surface area contributed by atoms with E-state index in [9.17, 15) is 4.79 Å². The summed E-state index contributed by atoms with van der Waals surface area (Å²) in [7, 11) is 0. The summed E-state index contributed by atoms with van der Waals surface area (Å²) in [4.78, 5) is 14.1. The Balaban J connectivity index is 2.23. The van der Waals surface area contributed by atoms with E-state index in [4.69, 9.17) is 9.47 Å². The molecule has 2 rings (SSSR count). The molecule has 0 saturated carbocycles. The standard InChI is InChI=1S/C17H25N3O3/c1-7-19-13(10-11-18-19)8-9-14-12-22-17(5,6)20(14)15(21)23-16(2,3)4/h10-11,14H,7,12H2,1-6H3/t14-/m1/s1. The highest BCUT2D eigenvalue weighted by molar-refractivity contribution is 5.70. The lowest BCUT2D eigenvalue weighted by Crippen LogP contribution is -2.49. The van der Waals surface area contributed by atoms with Gasteiger partial charge in [0.1, 0.15) is 23.1 Å². The highest BCUT2D eigenvalue weighted by Crippen LogP contribution is 2.29. The predicted molar refractivity (Wildman–Crippen MR) is 86.7 cm³/mol. The van der Waals surface area contributed by atoms with Crippen LogP contribution in [-0.2, 0) is 16.0 Å². The van der Waals surface area contributed by atoms with Gasteiger partial charge in [-0.05, 0) is 53.5 Å². The van der Waals surface area contributed by atoms with Crippen molar-refractivity contribution in [1.29, 1.82) is 0 Å². The van der Waals surface area contributed by atoms with Crippen LogP contribution >= 0.6 is 0 Å². The van der Waals surface area contributed by atoms with Crippen molar-refractivity contribution in [3.63, 3.8) is 0 Å². The molecule has 0 bridgehead atoms. The Morgan fingerprint density at radius 1 is 1.52 bits per heavy atom. The number of amides is 1. The number of hydrogen-bond acceptors (Lipinski definition) is 4. The van der Waals surface area contributed by atoms with Crippen molar-refractivity contribution in [2.75, 3.05) is 6.61 Å². The van der Waals surface area contributed by atoms with Crippen molar-refractivity contribution in [3.05, 3.63) is 18.0 Å². The van der Waals surface area contributed by atoms with Crippen molar-refractivity contribution in [2.24, 2.45) is 0 Å². The van der Waals surface area contributed by atoms with Gasteiger partial charge in [-0.2, -0.15) is 5.10 Å². The largest absolute Gasteiger partial charge is 0.444 e. The van der Waals surface area contributed by atoms with E-state index in [0.29, 0.717) is 6.61 Å². The lowest BCUT2D eigenvalue weighted by Gasteiger charge is -2.33. The van der Waals surface area contributed by atoms with E-state index in [-0.39, 0.29) is 6.04 Å². The lowest BCUT2D eigenvalue weighted by molar-refractivity contribution is -0.0608. The van der Waals surface area contributed by atoms with E-state index < -0.39 is 17.4 Å². The van der Waals surface area contributed by atoms with Crippen LogP contribution in [0, 0.1) is 11.8 Å². The first-order valence-corrected chi connectivity index (χ1v) is 7.83. The molecule has 1 saturated heterocycles.